The summed E-state index contributed by atoms with van der Waals surface area (Å²) < 4.78 is 0.652. The van der Waals surface area contributed by atoms with E-state index in [0.29, 0.717) is 9.21 Å². The standard InChI is InChI=1S/C16H18ClNOS/c1-4-18(13-7-5-6-11(2)10-13)12(3)16(19)14-8-9-15(17)20-14/h5-10,12H,4H2,1-3H3. The van der Waals surface area contributed by atoms with E-state index in [0.717, 1.165) is 12.2 Å². The zero-order chi connectivity index (χ0) is 14.7. The summed E-state index contributed by atoms with van der Waals surface area (Å²) in [5.74, 6) is 0.116. The fourth-order valence-electron chi connectivity index (χ4n) is 2.28. The van der Waals surface area contributed by atoms with Crippen LogP contribution in [0.1, 0.15) is 29.1 Å². The van der Waals surface area contributed by atoms with Gasteiger partial charge in [-0.15, -0.1) is 11.3 Å². The number of nitrogens with zero attached hydrogens (tertiary/aromatic N) is 1. The molecule has 1 aromatic heterocycles. The number of halogens is 1. The fourth-order valence-corrected chi connectivity index (χ4v) is 3.35. The number of aryl methyl sites for hydroxylation is 1. The summed E-state index contributed by atoms with van der Waals surface area (Å²) in [5.41, 5.74) is 2.27. The zero-order valence-corrected chi connectivity index (χ0v) is 13.5. The largest absolute Gasteiger partial charge is 0.362 e. The molecule has 1 heterocycles. The van der Waals surface area contributed by atoms with Crippen molar-refractivity contribution in [1.82, 2.24) is 0 Å². The van der Waals surface area contributed by atoms with E-state index >= 15 is 0 Å². The van der Waals surface area contributed by atoms with E-state index in [4.69, 9.17) is 11.6 Å². The Hall–Kier alpha value is -1.32. The van der Waals surface area contributed by atoms with Gasteiger partial charge in [0.25, 0.3) is 0 Å². The van der Waals surface area contributed by atoms with Gasteiger partial charge in [-0.05, 0) is 50.6 Å². The highest BCUT2D eigenvalue weighted by Gasteiger charge is 2.23. The molecule has 1 unspecified atom stereocenters. The molecule has 0 aliphatic carbocycles. The second-order valence-electron chi connectivity index (χ2n) is 4.77. The average Bonchev–Trinajstić information content (AvgIpc) is 2.85. The number of hydrogen-bond donors (Lipinski definition) is 0. The van der Waals surface area contributed by atoms with Crippen molar-refractivity contribution in [3.8, 4) is 0 Å². The van der Waals surface area contributed by atoms with Crippen LogP contribution < -0.4 is 4.90 Å². The lowest BCUT2D eigenvalue weighted by atomic mass is 10.1. The predicted molar refractivity (Wildman–Crippen MR) is 87.3 cm³/mol. The lowest BCUT2D eigenvalue weighted by Gasteiger charge is -2.29. The van der Waals surface area contributed by atoms with Gasteiger partial charge in [0, 0.05) is 12.2 Å². The van der Waals surface area contributed by atoms with Crippen molar-refractivity contribution in [3.05, 3.63) is 51.2 Å². The first-order valence-corrected chi connectivity index (χ1v) is 7.85. The van der Waals surface area contributed by atoms with E-state index in [9.17, 15) is 4.79 Å². The van der Waals surface area contributed by atoms with Crippen molar-refractivity contribution < 1.29 is 4.79 Å². The summed E-state index contributed by atoms with van der Waals surface area (Å²) in [7, 11) is 0. The minimum atomic E-state index is -0.198. The second-order valence-corrected chi connectivity index (χ2v) is 6.48. The van der Waals surface area contributed by atoms with Crippen molar-refractivity contribution in [2.24, 2.45) is 0 Å². The Morgan fingerprint density at radius 1 is 1.35 bits per heavy atom. The molecule has 2 nitrogen and oxygen atoms in total. The van der Waals surface area contributed by atoms with Gasteiger partial charge < -0.3 is 4.90 Å². The summed E-state index contributed by atoms with van der Waals surface area (Å²) in [6.45, 7) is 6.85. The van der Waals surface area contributed by atoms with E-state index < -0.39 is 0 Å². The molecule has 0 fully saturated rings. The Balaban J connectivity index is 2.25. The third kappa shape index (κ3) is 3.22. The summed E-state index contributed by atoms with van der Waals surface area (Å²) in [6.07, 6.45) is 0. The predicted octanol–water partition coefficient (Wildman–Crippen LogP) is 4.81. The van der Waals surface area contributed by atoms with Crippen LogP contribution in [0, 0.1) is 6.92 Å². The molecule has 0 aliphatic heterocycles. The van der Waals surface area contributed by atoms with Gasteiger partial charge in [0.2, 0.25) is 0 Å². The lowest BCUT2D eigenvalue weighted by Crippen LogP contribution is -2.38. The maximum Gasteiger partial charge on any atom is 0.194 e. The molecule has 2 rings (SSSR count). The molecule has 0 saturated heterocycles. The number of hydrogen-bond acceptors (Lipinski definition) is 3. The Morgan fingerprint density at radius 3 is 2.65 bits per heavy atom. The molecule has 0 N–H and O–H groups in total. The van der Waals surface area contributed by atoms with Crippen LogP contribution in [0.15, 0.2) is 36.4 Å². The highest BCUT2D eigenvalue weighted by atomic mass is 35.5. The van der Waals surface area contributed by atoms with E-state index in [-0.39, 0.29) is 11.8 Å². The topological polar surface area (TPSA) is 20.3 Å². The fraction of sp³-hybridized carbons (Fsp3) is 0.312. The number of anilines is 1. The summed E-state index contributed by atoms with van der Waals surface area (Å²) in [6, 6.07) is 11.6. The Kier molecular flexibility index (Phi) is 4.84. The van der Waals surface area contributed by atoms with Gasteiger partial charge in [-0.1, -0.05) is 23.7 Å². The molecule has 0 bridgehead atoms. The molecular weight excluding hydrogens is 290 g/mol. The van der Waals surface area contributed by atoms with Gasteiger partial charge in [0.1, 0.15) is 0 Å². The molecule has 0 radical (unpaired) electrons. The zero-order valence-electron chi connectivity index (χ0n) is 11.9. The Labute approximate surface area is 129 Å². The summed E-state index contributed by atoms with van der Waals surface area (Å²) in [5, 5.41) is 0. The molecule has 106 valence electrons. The highest BCUT2D eigenvalue weighted by molar-refractivity contribution is 7.18. The summed E-state index contributed by atoms with van der Waals surface area (Å²) >= 11 is 7.25. The molecule has 1 atom stereocenters. The molecule has 20 heavy (non-hydrogen) atoms. The number of likely N-dealkylation sites (N-methyl/N-ethyl adjacent to an activating group) is 1. The smallest absolute Gasteiger partial charge is 0.194 e. The molecule has 0 aliphatic rings. The maximum absolute atomic E-state index is 12.5. The van der Waals surface area contributed by atoms with Crippen molar-refractivity contribution in [2.45, 2.75) is 26.8 Å². The van der Waals surface area contributed by atoms with Crippen molar-refractivity contribution in [2.75, 3.05) is 11.4 Å². The molecule has 0 spiro atoms. The van der Waals surface area contributed by atoms with Gasteiger partial charge >= 0.3 is 0 Å². The van der Waals surface area contributed by atoms with Crippen molar-refractivity contribution in [3.63, 3.8) is 0 Å². The quantitative estimate of drug-likeness (QED) is 0.739. The van der Waals surface area contributed by atoms with Crippen LogP contribution in [0.4, 0.5) is 5.69 Å². The molecular formula is C16H18ClNOS. The SMILES string of the molecule is CCN(c1cccc(C)c1)C(C)C(=O)c1ccc(Cl)s1. The molecule has 2 aromatic rings. The molecule has 0 saturated carbocycles. The number of carbonyl (C=O) groups excluding carboxylic acids is 1. The van der Waals surface area contributed by atoms with Crippen LogP contribution >= 0.6 is 22.9 Å². The number of carbonyl (C=O) groups is 1. The number of thiophene rings is 1. The van der Waals surface area contributed by atoms with Crippen LogP contribution in [-0.4, -0.2) is 18.4 Å². The summed E-state index contributed by atoms with van der Waals surface area (Å²) in [4.78, 5) is 15.4. The van der Waals surface area contributed by atoms with Gasteiger partial charge in [-0.25, -0.2) is 0 Å². The van der Waals surface area contributed by atoms with E-state index in [1.54, 1.807) is 12.1 Å². The third-order valence-electron chi connectivity index (χ3n) is 3.34. The Morgan fingerprint density at radius 2 is 2.10 bits per heavy atom. The van der Waals surface area contributed by atoms with E-state index in [1.807, 2.05) is 19.1 Å². The van der Waals surface area contributed by atoms with E-state index in [1.165, 1.54) is 16.9 Å². The molecule has 4 heteroatoms. The molecule has 0 amide bonds. The van der Waals surface area contributed by atoms with Gasteiger partial charge in [0.05, 0.1) is 15.3 Å². The van der Waals surface area contributed by atoms with Crippen LogP contribution in [0.25, 0.3) is 0 Å². The van der Waals surface area contributed by atoms with Crippen LogP contribution in [-0.2, 0) is 0 Å². The van der Waals surface area contributed by atoms with Crippen molar-refractivity contribution >= 4 is 34.4 Å². The minimum Gasteiger partial charge on any atom is -0.362 e. The van der Waals surface area contributed by atoms with Crippen LogP contribution in [0.5, 0.6) is 0 Å². The van der Waals surface area contributed by atoms with Gasteiger partial charge in [-0.2, -0.15) is 0 Å². The highest BCUT2D eigenvalue weighted by Crippen LogP contribution is 2.25. The first-order valence-electron chi connectivity index (χ1n) is 6.65. The van der Waals surface area contributed by atoms with Crippen molar-refractivity contribution in [1.29, 1.82) is 0 Å². The van der Waals surface area contributed by atoms with Gasteiger partial charge in [0.15, 0.2) is 5.78 Å². The Bertz CT molecular complexity index is 608. The lowest BCUT2D eigenvalue weighted by molar-refractivity contribution is 0.0968. The first-order chi connectivity index (χ1) is 9.52. The number of benzene rings is 1. The van der Waals surface area contributed by atoms with Gasteiger partial charge in [-0.3, -0.25) is 4.79 Å². The third-order valence-corrected chi connectivity index (χ3v) is 4.58. The average molecular weight is 308 g/mol. The maximum atomic E-state index is 12.5. The van der Waals surface area contributed by atoms with Crippen LogP contribution in [0.2, 0.25) is 4.34 Å². The first kappa shape index (κ1) is 15.1. The number of rotatable bonds is 5. The monoisotopic (exact) mass is 307 g/mol. The number of Topliss-reactive ketones (excluding diaryl/α,β-unsaturated/α-hetero) is 1. The van der Waals surface area contributed by atoms with Crippen LogP contribution in [0.3, 0.4) is 0 Å². The normalized spacial score (nSPS) is 12.2. The number of ketones is 1. The van der Waals surface area contributed by atoms with E-state index in [2.05, 4.69) is 30.9 Å². The minimum absolute atomic E-state index is 0.116. The molecule has 1 aromatic carbocycles. The second kappa shape index (κ2) is 6.42.